The molecule has 0 aliphatic heterocycles. The highest BCUT2D eigenvalue weighted by molar-refractivity contribution is 6.31. The van der Waals surface area contributed by atoms with Gasteiger partial charge in [0.05, 0.1) is 5.56 Å². The van der Waals surface area contributed by atoms with Crippen LogP contribution in [0, 0.1) is 5.92 Å². The number of amides is 1. The van der Waals surface area contributed by atoms with Crippen LogP contribution in [-0.4, -0.2) is 23.0 Å². The molecule has 1 aromatic rings. The summed E-state index contributed by atoms with van der Waals surface area (Å²) in [5, 5.41) is 11.8. The minimum Gasteiger partial charge on any atom is -0.478 e. The summed E-state index contributed by atoms with van der Waals surface area (Å²) in [6.45, 7) is 0. The Balaban J connectivity index is 2.01. The molecule has 19 heavy (non-hydrogen) atoms. The number of carbonyl (C=O) groups excluding carboxylic acids is 1. The van der Waals surface area contributed by atoms with Crippen LogP contribution in [0.5, 0.6) is 0 Å². The Labute approximate surface area is 115 Å². The second-order valence-corrected chi connectivity index (χ2v) is 5.22. The average Bonchev–Trinajstić information content (AvgIpc) is 3.11. The maximum atomic E-state index is 11.8. The monoisotopic (exact) mass is 282 g/mol. The Morgan fingerprint density at radius 3 is 2.68 bits per heavy atom. The SMILES string of the molecule is NC(CC(=O)Nc1cc(Cl)cc(C(=O)O)c1)C1CC1. The topological polar surface area (TPSA) is 92.4 Å². The molecule has 0 aromatic heterocycles. The van der Waals surface area contributed by atoms with E-state index in [0.717, 1.165) is 12.8 Å². The molecule has 0 radical (unpaired) electrons. The molecule has 1 saturated carbocycles. The number of hydrogen-bond acceptors (Lipinski definition) is 3. The number of carboxylic acid groups (broad SMARTS) is 1. The van der Waals surface area contributed by atoms with Crippen LogP contribution in [0.25, 0.3) is 0 Å². The lowest BCUT2D eigenvalue weighted by atomic mass is 10.1. The van der Waals surface area contributed by atoms with Crippen LogP contribution >= 0.6 is 11.6 Å². The van der Waals surface area contributed by atoms with Gasteiger partial charge in [0.15, 0.2) is 0 Å². The van der Waals surface area contributed by atoms with E-state index in [1.165, 1.54) is 18.2 Å². The van der Waals surface area contributed by atoms with E-state index in [0.29, 0.717) is 11.6 Å². The van der Waals surface area contributed by atoms with Crippen molar-refractivity contribution in [2.75, 3.05) is 5.32 Å². The van der Waals surface area contributed by atoms with Crippen LogP contribution in [0.1, 0.15) is 29.6 Å². The standard InChI is InChI=1S/C13H15ClN2O3/c14-9-3-8(13(18)19)4-10(5-9)16-12(17)6-11(15)7-1-2-7/h3-5,7,11H,1-2,6,15H2,(H,16,17)(H,18,19). The maximum Gasteiger partial charge on any atom is 0.335 e. The van der Waals surface area contributed by atoms with Crippen LogP contribution in [-0.2, 0) is 4.79 Å². The molecular formula is C13H15ClN2O3. The number of nitrogens with one attached hydrogen (secondary N) is 1. The van der Waals surface area contributed by atoms with Gasteiger partial charge in [0.2, 0.25) is 5.91 Å². The molecule has 102 valence electrons. The van der Waals surface area contributed by atoms with Gasteiger partial charge in [-0.15, -0.1) is 0 Å². The summed E-state index contributed by atoms with van der Waals surface area (Å²) < 4.78 is 0. The summed E-state index contributed by atoms with van der Waals surface area (Å²) >= 11 is 5.80. The number of benzene rings is 1. The summed E-state index contributed by atoms with van der Waals surface area (Å²) in [4.78, 5) is 22.6. The van der Waals surface area contributed by atoms with Gasteiger partial charge in [0, 0.05) is 23.2 Å². The van der Waals surface area contributed by atoms with Crippen LogP contribution in [0.15, 0.2) is 18.2 Å². The van der Waals surface area contributed by atoms with Crippen LogP contribution in [0.3, 0.4) is 0 Å². The van der Waals surface area contributed by atoms with E-state index < -0.39 is 5.97 Å². The number of nitrogens with two attached hydrogens (primary N) is 1. The third-order valence-electron chi connectivity index (χ3n) is 3.08. The predicted octanol–water partition coefficient (Wildman–Crippen LogP) is 2.10. The number of hydrogen-bond donors (Lipinski definition) is 3. The van der Waals surface area contributed by atoms with Gasteiger partial charge in [-0.05, 0) is 37.0 Å². The van der Waals surface area contributed by atoms with E-state index in [1.807, 2.05) is 0 Å². The Morgan fingerprint density at radius 1 is 1.42 bits per heavy atom. The Morgan fingerprint density at radius 2 is 2.11 bits per heavy atom. The molecular weight excluding hydrogens is 268 g/mol. The number of carboxylic acids is 1. The minimum atomic E-state index is -1.09. The van der Waals surface area contributed by atoms with Gasteiger partial charge in [-0.1, -0.05) is 11.6 Å². The molecule has 1 amide bonds. The average molecular weight is 283 g/mol. The van der Waals surface area contributed by atoms with Crippen LogP contribution in [0.4, 0.5) is 5.69 Å². The first-order valence-electron chi connectivity index (χ1n) is 6.05. The van der Waals surface area contributed by atoms with Crippen molar-refractivity contribution in [2.24, 2.45) is 11.7 Å². The molecule has 0 saturated heterocycles. The van der Waals surface area contributed by atoms with E-state index in [9.17, 15) is 9.59 Å². The summed E-state index contributed by atoms with van der Waals surface area (Å²) in [6.07, 6.45) is 2.39. The molecule has 0 bridgehead atoms. The van der Waals surface area contributed by atoms with E-state index in [2.05, 4.69) is 5.32 Å². The zero-order valence-electron chi connectivity index (χ0n) is 10.2. The molecule has 0 heterocycles. The summed E-state index contributed by atoms with van der Waals surface area (Å²) in [5.41, 5.74) is 6.27. The highest BCUT2D eigenvalue weighted by atomic mass is 35.5. The fraction of sp³-hybridized carbons (Fsp3) is 0.385. The first-order chi connectivity index (χ1) is 8.95. The van der Waals surface area contributed by atoms with Crippen molar-refractivity contribution in [1.82, 2.24) is 0 Å². The quantitative estimate of drug-likeness (QED) is 0.771. The Kier molecular flexibility index (Phi) is 4.07. The molecule has 5 nitrogen and oxygen atoms in total. The molecule has 1 aliphatic rings. The number of carbonyl (C=O) groups is 2. The van der Waals surface area contributed by atoms with Crippen LogP contribution in [0.2, 0.25) is 5.02 Å². The van der Waals surface area contributed by atoms with Gasteiger partial charge >= 0.3 is 5.97 Å². The highest BCUT2D eigenvalue weighted by Gasteiger charge is 2.29. The molecule has 2 rings (SSSR count). The molecule has 1 unspecified atom stereocenters. The summed E-state index contributed by atoms with van der Waals surface area (Å²) in [7, 11) is 0. The van der Waals surface area contributed by atoms with E-state index in [1.54, 1.807) is 0 Å². The third kappa shape index (κ3) is 3.94. The first kappa shape index (κ1) is 13.8. The number of rotatable bonds is 5. The summed E-state index contributed by atoms with van der Waals surface area (Å²) in [6, 6.07) is 4.08. The number of aromatic carboxylic acids is 1. The second-order valence-electron chi connectivity index (χ2n) is 4.79. The minimum absolute atomic E-state index is 0.0364. The zero-order valence-corrected chi connectivity index (χ0v) is 11.0. The van der Waals surface area contributed by atoms with E-state index in [-0.39, 0.29) is 29.0 Å². The molecule has 0 spiro atoms. The molecule has 1 fully saturated rings. The Hall–Kier alpha value is -1.59. The van der Waals surface area contributed by atoms with Gasteiger partial charge in [-0.3, -0.25) is 4.79 Å². The van der Waals surface area contributed by atoms with Crippen molar-refractivity contribution >= 4 is 29.2 Å². The number of halogens is 1. The normalized spacial score (nSPS) is 15.9. The van der Waals surface area contributed by atoms with E-state index in [4.69, 9.17) is 22.4 Å². The largest absolute Gasteiger partial charge is 0.478 e. The van der Waals surface area contributed by atoms with Gasteiger partial charge in [0.25, 0.3) is 0 Å². The zero-order chi connectivity index (χ0) is 14.0. The molecule has 4 N–H and O–H groups in total. The van der Waals surface area contributed by atoms with Crippen molar-refractivity contribution in [1.29, 1.82) is 0 Å². The summed E-state index contributed by atoms with van der Waals surface area (Å²) in [5.74, 6) is -0.870. The molecule has 1 atom stereocenters. The third-order valence-corrected chi connectivity index (χ3v) is 3.30. The molecule has 6 heteroatoms. The smallest absolute Gasteiger partial charge is 0.335 e. The predicted molar refractivity (Wildman–Crippen MR) is 72.4 cm³/mol. The van der Waals surface area contributed by atoms with Crippen molar-refractivity contribution in [3.63, 3.8) is 0 Å². The second kappa shape index (κ2) is 5.59. The number of anilines is 1. The molecule has 1 aromatic carbocycles. The van der Waals surface area contributed by atoms with Crippen molar-refractivity contribution in [3.05, 3.63) is 28.8 Å². The highest BCUT2D eigenvalue weighted by Crippen LogP contribution is 2.32. The van der Waals surface area contributed by atoms with Crippen molar-refractivity contribution < 1.29 is 14.7 Å². The lowest BCUT2D eigenvalue weighted by Crippen LogP contribution is -2.28. The fourth-order valence-corrected chi connectivity index (χ4v) is 2.14. The van der Waals surface area contributed by atoms with Crippen LogP contribution < -0.4 is 11.1 Å². The lowest BCUT2D eigenvalue weighted by Gasteiger charge is -2.11. The van der Waals surface area contributed by atoms with Gasteiger partial charge in [-0.2, -0.15) is 0 Å². The Bertz CT molecular complexity index is 515. The molecule has 1 aliphatic carbocycles. The van der Waals surface area contributed by atoms with Crippen molar-refractivity contribution in [3.8, 4) is 0 Å². The van der Waals surface area contributed by atoms with Crippen molar-refractivity contribution in [2.45, 2.75) is 25.3 Å². The lowest BCUT2D eigenvalue weighted by molar-refractivity contribution is -0.116. The van der Waals surface area contributed by atoms with Gasteiger partial charge < -0.3 is 16.2 Å². The fourth-order valence-electron chi connectivity index (χ4n) is 1.90. The van der Waals surface area contributed by atoms with Gasteiger partial charge in [0.1, 0.15) is 0 Å². The van der Waals surface area contributed by atoms with E-state index >= 15 is 0 Å². The maximum absolute atomic E-state index is 11.8. The first-order valence-corrected chi connectivity index (χ1v) is 6.43. The van der Waals surface area contributed by atoms with Gasteiger partial charge in [-0.25, -0.2) is 4.79 Å².